The Bertz CT molecular complexity index is 569. The van der Waals surface area contributed by atoms with Gasteiger partial charge in [-0.1, -0.05) is 39.1 Å². The lowest BCUT2D eigenvalue weighted by Crippen LogP contribution is -2.13. The Balaban J connectivity index is 2.19. The SMILES string of the molecule is O=C(Nc1cnc(Cl)cn1)c1cc(Cl)cc(Br)c1. The number of carbonyl (C=O) groups is 1. The number of anilines is 1. The topological polar surface area (TPSA) is 54.9 Å². The summed E-state index contributed by atoms with van der Waals surface area (Å²) in [6, 6.07) is 4.91. The number of nitrogens with zero attached hydrogens (tertiary/aromatic N) is 2. The van der Waals surface area contributed by atoms with E-state index in [0.717, 1.165) is 4.47 Å². The van der Waals surface area contributed by atoms with Gasteiger partial charge in [-0.25, -0.2) is 9.97 Å². The summed E-state index contributed by atoms with van der Waals surface area (Å²) < 4.78 is 0.724. The maximum absolute atomic E-state index is 11.9. The van der Waals surface area contributed by atoms with Crippen LogP contribution in [0.4, 0.5) is 5.82 Å². The lowest BCUT2D eigenvalue weighted by atomic mass is 10.2. The van der Waals surface area contributed by atoms with E-state index in [1.54, 1.807) is 18.2 Å². The minimum absolute atomic E-state index is 0.262. The molecule has 92 valence electrons. The summed E-state index contributed by atoms with van der Waals surface area (Å²) in [4.78, 5) is 19.6. The number of halogens is 3. The standard InChI is InChI=1S/C11H6BrCl2N3O/c12-7-1-6(2-8(13)3-7)11(18)17-10-5-15-9(14)4-16-10/h1-5H,(H,16,17,18). The van der Waals surface area contributed by atoms with Crippen molar-refractivity contribution in [1.82, 2.24) is 9.97 Å². The Morgan fingerprint density at radius 2 is 1.94 bits per heavy atom. The average molecular weight is 347 g/mol. The summed E-state index contributed by atoms with van der Waals surface area (Å²) in [7, 11) is 0. The highest BCUT2D eigenvalue weighted by Crippen LogP contribution is 2.20. The van der Waals surface area contributed by atoms with Crippen molar-refractivity contribution in [1.29, 1.82) is 0 Å². The lowest BCUT2D eigenvalue weighted by Gasteiger charge is -2.05. The van der Waals surface area contributed by atoms with Crippen molar-refractivity contribution in [2.24, 2.45) is 0 Å². The van der Waals surface area contributed by atoms with Crippen LogP contribution in [0.5, 0.6) is 0 Å². The fourth-order valence-corrected chi connectivity index (χ4v) is 2.21. The molecular formula is C11H6BrCl2N3O. The molecule has 0 spiro atoms. The molecule has 7 heteroatoms. The molecule has 1 heterocycles. The Labute approximate surface area is 121 Å². The molecule has 0 aliphatic rings. The Kier molecular flexibility index (Phi) is 4.16. The van der Waals surface area contributed by atoms with Gasteiger partial charge in [0.05, 0.1) is 12.4 Å². The lowest BCUT2D eigenvalue weighted by molar-refractivity contribution is 0.102. The van der Waals surface area contributed by atoms with E-state index in [0.29, 0.717) is 16.4 Å². The predicted octanol–water partition coefficient (Wildman–Crippen LogP) is 3.80. The number of rotatable bonds is 2. The fraction of sp³-hybridized carbons (Fsp3) is 0. The van der Waals surface area contributed by atoms with Gasteiger partial charge in [-0.2, -0.15) is 0 Å². The van der Waals surface area contributed by atoms with Crippen LogP contribution < -0.4 is 5.32 Å². The molecule has 2 rings (SSSR count). The van der Waals surface area contributed by atoms with Gasteiger partial charge in [0.2, 0.25) is 0 Å². The monoisotopic (exact) mass is 345 g/mol. The highest BCUT2D eigenvalue weighted by Gasteiger charge is 2.09. The van der Waals surface area contributed by atoms with Crippen LogP contribution in [0.1, 0.15) is 10.4 Å². The van der Waals surface area contributed by atoms with Crippen LogP contribution in [-0.2, 0) is 0 Å². The van der Waals surface area contributed by atoms with Crippen LogP contribution in [0.15, 0.2) is 35.1 Å². The average Bonchev–Trinajstić information content (AvgIpc) is 2.31. The predicted molar refractivity (Wildman–Crippen MR) is 74.1 cm³/mol. The summed E-state index contributed by atoms with van der Waals surface area (Å²) in [5.74, 6) is -0.00433. The number of amides is 1. The van der Waals surface area contributed by atoms with E-state index in [-0.39, 0.29) is 11.1 Å². The van der Waals surface area contributed by atoms with Crippen LogP contribution in [0.25, 0.3) is 0 Å². The van der Waals surface area contributed by atoms with Crippen molar-refractivity contribution in [3.63, 3.8) is 0 Å². The molecule has 1 aromatic carbocycles. The molecule has 0 saturated carbocycles. The first-order valence-corrected chi connectivity index (χ1v) is 6.34. The van der Waals surface area contributed by atoms with E-state index in [9.17, 15) is 4.79 Å². The maximum atomic E-state index is 11.9. The van der Waals surface area contributed by atoms with Gasteiger partial charge in [-0.15, -0.1) is 0 Å². The number of carbonyl (C=O) groups excluding carboxylic acids is 1. The van der Waals surface area contributed by atoms with Crippen molar-refractivity contribution >= 4 is 50.9 Å². The molecule has 4 nitrogen and oxygen atoms in total. The highest BCUT2D eigenvalue weighted by atomic mass is 79.9. The van der Waals surface area contributed by atoms with Crippen molar-refractivity contribution in [3.8, 4) is 0 Å². The Morgan fingerprint density at radius 3 is 2.56 bits per heavy atom. The van der Waals surface area contributed by atoms with Crippen molar-refractivity contribution < 1.29 is 4.79 Å². The highest BCUT2D eigenvalue weighted by molar-refractivity contribution is 9.10. The zero-order valence-electron chi connectivity index (χ0n) is 8.82. The summed E-state index contributed by atoms with van der Waals surface area (Å²) >= 11 is 14.7. The molecular weight excluding hydrogens is 341 g/mol. The smallest absolute Gasteiger partial charge is 0.256 e. The van der Waals surface area contributed by atoms with E-state index in [2.05, 4.69) is 31.2 Å². The fourth-order valence-electron chi connectivity index (χ4n) is 1.25. The van der Waals surface area contributed by atoms with E-state index in [1.165, 1.54) is 12.4 Å². The zero-order valence-corrected chi connectivity index (χ0v) is 11.9. The normalized spacial score (nSPS) is 10.2. The van der Waals surface area contributed by atoms with Gasteiger partial charge in [0, 0.05) is 15.1 Å². The number of aromatic nitrogens is 2. The third kappa shape index (κ3) is 3.41. The summed E-state index contributed by atoms with van der Waals surface area (Å²) in [6.45, 7) is 0. The quantitative estimate of drug-likeness (QED) is 0.899. The van der Waals surface area contributed by atoms with E-state index >= 15 is 0 Å². The van der Waals surface area contributed by atoms with Gasteiger partial charge in [0.1, 0.15) is 5.15 Å². The molecule has 0 aliphatic carbocycles. The van der Waals surface area contributed by atoms with Gasteiger partial charge < -0.3 is 5.32 Å². The Morgan fingerprint density at radius 1 is 1.17 bits per heavy atom. The number of nitrogens with one attached hydrogen (secondary N) is 1. The van der Waals surface area contributed by atoms with Crippen LogP contribution in [0, 0.1) is 0 Å². The summed E-state index contributed by atoms with van der Waals surface area (Å²) in [6.07, 6.45) is 2.73. The van der Waals surface area contributed by atoms with E-state index in [4.69, 9.17) is 23.2 Å². The molecule has 1 N–H and O–H groups in total. The summed E-state index contributed by atoms with van der Waals surface area (Å²) in [5, 5.41) is 3.32. The van der Waals surface area contributed by atoms with Crippen molar-refractivity contribution in [3.05, 3.63) is 50.8 Å². The largest absolute Gasteiger partial charge is 0.305 e. The van der Waals surface area contributed by atoms with Gasteiger partial charge in [0.15, 0.2) is 5.82 Å². The molecule has 0 radical (unpaired) electrons. The van der Waals surface area contributed by atoms with Gasteiger partial charge in [0.25, 0.3) is 5.91 Å². The van der Waals surface area contributed by atoms with E-state index in [1.807, 2.05) is 0 Å². The van der Waals surface area contributed by atoms with Crippen molar-refractivity contribution in [2.45, 2.75) is 0 Å². The maximum Gasteiger partial charge on any atom is 0.256 e. The second-order valence-electron chi connectivity index (χ2n) is 3.34. The first kappa shape index (κ1) is 13.3. The number of hydrogen-bond acceptors (Lipinski definition) is 3. The Hall–Kier alpha value is -1.17. The minimum atomic E-state index is -0.324. The first-order valence-electron chi connectivity index (χ1n) is 4.79. The number of benzene rings is 1. The molecule has 0 fully saturated rings. The van der Waals surface area contributed by atoms with Gasteiger partial charge in [-0.3, -0.25) is 4.79 Å². The van der Waals surface area contributed by atoms with Crippen molar-refractivity contribution in [2.75, 3.05) is 5.32 Å². The second-order valence-corrected chi connectivity index (χ2v) is 5.08. The third-order valence-electron chi connectivity index (χ3n) is 1.99. The number of hydrogen-bond donors (Lipinski definition) is 1. The molecule has 2 aromatic rings. The first-order chi connectivity index (χ1) is 8.54. The molecule has 1 aromatic heterocycles. The molecule has 0 bridgehead atoms. The molecule has 0 atom stereocenters. The van der Waals surface area contributed by atoms with Crippen LogP contribution in [0.3, 0.4) is 0 Å². The zero-order chi connectivity index (χ0) is 13.1. The minimum Gasteiger partial charge on any atom is -0.305 e. The third-order valence-corrected chi connectivity index (χ3v) is 2.86. The van der Waals surface area contributed by atoms with E-state index < -0.39 is 0 Å². The van der Waals surface area contributed by atoms with Crippen LogP contribution in [0.2, 0.25) is 10.2 Å². The van der Waals surface area contributed by atoms with Crippen LogP contribution in [-0.4, -0.2) is 15.9 Å². The van der Waals surface area contributed by atoms with Crippen LogP contribution >= 0.6 is 39.1 Å². The molecule has 1 amide bonds. The molecule has 0 saturated heterocycles. The summed E-state index contributed by atoms with van der Waals surface area (Å²) in [5.41, 5.74) is 0.422. The van der Waals surface area contributed by atoms with Gasteiger partial charge in [-0.05, 0) is 18.2 Å². The molecule has 0 aliphatic heterocycles. The van der Waals surface area contributed by atoms with Gasteiger partial charge >= 0.3 is 0 Å². The molecule has 18 heavy (non-hydrogen) atoms. The molecule has 0 unspecified atom stereocenters. The second kappa shape index (κ2) is 5.65.